The average Bonchev–Trinajstić information content (AvgIpc) is 3.52. The molecule has 7 nitrogen and oxygen atoms in total. The van der Waals surface area contributed by atoms with Crippen molar-refractivity contribution in [3.8, 4) is 17.2 Å². The molecule has 168 valence electrons. The smallest absolute Gasteiger partial charge is 0.253 e. The Hall–Kier alpha value is -3.39. The van der Waals surface area contributed by atoms with Gasteiger partial charge in [-0.05, 0) is 49.1 Å². The lowest BCUT2D eigenvalue weighted by Crippen LogP contribution is -2.27. The van der Waals surface area contributed by atoms with Crippen LogP contribution in [-0.2, 0) is 17.2 Å². The van der Waals surface area contributed by atoms with E-state index in [1.807, 2.05) is 39.8 Å². The van der Waals surface area contributed by atoms with Crippen molar-refractivity contribution in [2.24, 2.45) is 0 Å². The monoisotopic (exact) mass is 459 g/mol. The van der Waals surface area contributed by atoms with Gasteiger partial charge < -0.3 is 4.90 Å². The number of pyridine rings is 1. The van der Waals surface area contributed by atoms with Crippen molar-refractivity contribution in [1.29, 1.82) is 0 Å². The molecule has 33 heavy (non-hydrogen) atoms. The number of amides is 1. The van der Waals surface area contributed by atoms with Crippen LogP contribution in [0.5, 0.6) is 0 Å². The summed E-state index contributed by atoms with van der Waals surface area (Å²) in [5.41, 5.74) is 4.24. The Balaban J connectivity index is 1.56. The van der Waals surface area contributed by atoms with Gasteiger partial charge in [-0.2, -0.15) is 0 Å². The first-order valence-electron chi connectivity index (χ1n) is 11.1. The first-order chi connectivity index (χ1) is 16.0. The largest absolute Gasteiger partial charge is 0.339 e. The van der Waals surface area contributed by atoms with Crippen LogP contribution in [0.15, 0.2) is 60.0 Å². The van der Waals surface area contributed by atoms with Gasteiger partial charge in [-0.3, -0.25) is 18.6 Å². The number of hydrogen-bond donors (Lipinski definition) is 0. The Bertz CT molecular complexity index is 1360. The molecule has 1 aliphatic rings. The third-order valence-electron chi connectivity index (χ3n) is 6.10. The molecule has 0 saturated carbocycles. The predicted octanol–water partition coefficient (Wildman–Crippen LogP) is 4.02. The minimum absolute atomic E-state index is 0.0273. The minimum Gasteiger partial charge on any atom is -0.339 e. The van der Waals surface area contributed by atoms with Gasteiger partial charge in [0.15, 0.2) is 0 Å². The van der Waals surface area contributed by atoms with E-state index in [0.717, 1.165) is 54.5 Å². The van der Waals surface area contributed by atoms with E-state index < -0.39 is 10.8 Å². The lowest BCUT2D eigenvalue weighted by Gasteiger charge is -2.15. The molecule has 3 aromatic heterocycles. The van der Waals surface area contributed by atoms with Gasteiger partial charge >= 0.3 is 0 Å². The van der Waals surface area contributed by atoms with E-state index in [1.54, 1.807) is 31.0 Å². The lowest BCUT2D eigenvalue weighted by molar-refractivity contribution is 0.0793. The SMILES string of the molecule is CCc1ccnc(-c2cnc(-n3cc(S(C)=O)c4ccc(C(=O)N5CCCC5)cc43)nc2)c1. The van der Waals surface area contributed by atoms with Gasteiger partial charge in [-0.1, -0.05) is 13.0 Å². The summed E-state index contributed by atoms with van der Waals surface area (Å²) in [5.74, 6) is 0.484. The molecular formula is C25H25N5O2S. The molecule has 0 spiro atoms. The van der Waals surface area contributed by atoms with Gasteiger partial charge in [-0.15, -0.1) is 0 Å². The van der Waals surface area contributed by atoms with Crippen LogP contribution in [0.4, 0.5) is 0 Å². The van der Waals surface area contributed by atoms with Crippen LogP contribution in [0.1, 0.15) is 35.7 Å². The van der Waals surface area contributed by atoms with Crippen molar-refractivity contribution in [2.75, 3.05) is 19.3 Å². The van der Waals surface area contributed by atoms with E-state index >= 15 is 0 Å². The summed E-state index contributed by atoms with van der Waals surface area (Å²) in [6.45, 7) is 3.69. The molecule has 1 amide bonds. The van der Waals surface area contributed by atoms with E-state index in [4.69, 9.17) is 0 Å². The van der Waals surface area contributed by atoms with Crippen LogP contribution in [0.2, 0.25) is 0 Å². The van der Waals surface area contributed by atoms with Crippen molar-refractivity contribution in [2.45, 2.75) is 31.1 Å². The Morgan fingerprint density at radius 3 is 2.52 bits per heavy atom. The molecule has 0 aliphatic carbocycles. The zero-order chi connectivity index (χ0) is 22.9. The first-order valence-corrected chi connectivity index (χ1v) is 12.7. The molecule has 4 aromatic rings. The van der Waals surface area contributed by atoms with Crippen LogP contribution >= 0.6 is 0 Å². The number of benzene rings is 1. The molecule has 0 radical (unpaired) electrons. The third-order valence-corrected chi connectivity index (χ3v) is 7.05. The topological polar surface area (TPSA) is 81.0 Å². The molecule has 1 saturated heterocycles. The lowest BCUT2D eigenvalue weighted by atomic mass is 10.1. The van der Waals surface area contributed by atoms with Gasteiger partial charge in [0, 0.05) is 60.6 Å². The van der Waals surface area contributed by atoms with Crippen molar-refractivity contribution >= 4 is 27.6 Å². The number of aromatic nitrogens is 4. The molecule has 1 unspecified atom stereocenters. The van der Waals surface area contributed by atoms with E-state index in [1.165, 1.54) is 5.56 Å². The van der Waals surface area contributed by atoms with E-state index in [2.05, 4.69) is 21.9 Å². The molecule has 0 bridgehead atoms. The van der Waals surface area contributed by atoms with Gasteiger partial charge in [0.1, 0.15) is 0 Å². The van der Waals surface area contributed by atoms with E-state index in [-0.39, 0.29) is 5.91 Å². The Morgan fingerprint density at radius 1 is 1.06 bits per heavy atom. The summed E-state index contributed by atoms with van der Waals surface area (Å²) >= 11 is 0. The Labute approximate surface area is 195 Å². The molecule has 4 heterocycles. The fraction of sp³-hybridized carbons (Fsp3) is 0.280. The zero-order valence-corrected chi connectivity index (χ0v) is 19.5. The second-order valence-electron chi connectivity index (χ2n) is 8.22. The van der Waals surface area contributed by atoms with Crippen molar-refractivity contribution in [1.82, 2.24) is 24.4 Å². The highest BCUT2D eigenvalue weighted by Gasteiger charge is 2.22. The van der Waals surface area contributed by atoms with E-state index in [0.29, 0.717) is 16.4 Å². The highest BCUT2D eigenvalue weighted by molar-refractivity contribution is 7.84. The van der Waals surface area contributed by atoms with Crippen LogP contribution in [0.25, 0.3) is 28.1 Å². The normalized spacial score (nSPS) is 14.7. The van der Waals surface area contributed by atoms with Gasteiger partial charge in [0.2, 0.25) is 5.95 Å². The molecule has 1 aliphatic heterocycles. The summed E-state index contributed by atoms with van der Waals surface area (Å²) in [6.07, 6.45) is 11.8. The summed E-state index contributed by atoms with van der Waals surface area (Å²) in [5, 5.41) is 0.832. The van der Waals surface area contributed by atoms with Crippen molar-refractivity contribution < 1.29 is 9.00 Å². The Morgan fingerprint density at radius 2 is 1.82 bits per heavy atom. The Kier molecular flexibility index (Phi) is 5.76. The molecule has 5 rings (SSSR count). The maximum Gasteiger partial charge on any atom is 0.253 e. The minimum atomic E-state index is -1.20. The van der Waals surface area contributed by atoms with Crippen LogP contribution < -0.4 is 0 Å². The highest BCUT2D eigenvalue weighted by Crippen LogP contribution is 2.28. The third kappa shape index (κ3) is 4.06. The highest BCUT2D eigenvalue weighted by atomic mass is 32.2. The quantitative estimate of drug-likeness (QED) is 0.450. The maximum absolute atomic E-state index is 13.0. The molecule has 1 aromatic carbocycles. The second-order valence-corrected chi connectivity index (χ2v) is 9.57. The summed E-state index contributed by atoms with van der Waals surface area (Å²) in [7, 11) is -1.20. The van der Waals surface area contributed by atoms with Crippen LogP contribution in [0.3, 0.4) is 0 Å². The zero-order valence-electron chi connectivity index (χ0n) is 18.7. The molecular weight excluding hydrogens is 434 g/mol. The summed E-state index contributed by atoms with van der Waals surface area (Å²) in [4.78, 5) is 29.1. The number of aryl methyl sites for hydroxylation is 1. The van der Waals surface area contributed by atoms with Crippen LogP contribution in [0, 0.1) is 0 Å². The molecule has 1 atom stereocenters. The number of rotatable bonds is 5. The fourth-order valence-electron chi connectivity index (χ4n) is 4.26. The number of carbonyl (C=O) groups excluding carboxylic acids is 1. The number of fused-ring (bicyclic) bond motifs is 1. The number of carbonyl (C=O) groups is 1. The van der Waals surface area contributed by atoms with Gasteiger partial charge in [-0.25, -0.2) is 9.97 Å². The fourth-order valence-corrected chi connectivity index (χ4v) is 4.99. The van der Waals surface area contributed by atoms with Crippen LogP contribution in [-0.4, -0.2) is 53.9 Å². The first kappa shape index (κ1) is 21.5. The van der Waals surface area contributed by atoms with E-state index in [9.17, 15) is 9.00 Å². The summed E-state index contributed by atoms with van der Waals surface area (Å²) < 4.78 is 14.2. The maximum atomic E-state index is 13.0. The summed E-state index contributed by atoms with van der Waals surface area (Å²) in [6, 6.07) is 9.59. The van der Waals surface area contributed by atoms with Gasteiger partial charge in [0.05, 0.1) is 26.9 Å². The standard InChI is InChI=1S/C25H25N5O2S/c1-3-17-8-9-26-21(12-17)19-14-27-25(28-15-19)30-16-23(33(2)32)20-7-6-18(13-22(20)30)24(31)29-10-4-5-11-29/h6-9,12-16H,3-5,10-11H2,1-2H3. The number of hydrogen-bond acceptors (Lipinski definition) is 5. The molecule has 8 heteroatoms. The number of likely N-dealkylation sites (tertiary alicyclic amines) is 1. The second kappa shape index (κ2) is 8.86. The average molecular weight is 460 g/mol. The molecule has 0 N–H and O–H groups in total. The van der Waals surface area contributed by atoms with Crippen molar-refractivity contribution in [3.05, 3.63) is 66.2 Å². The van der Waals surface area contributed by atoms with Gasteiger partial charge in [0.25, 0.3) is 5.91 Å². The van der Waals surface area contributed by atoms with Crippen molar-refractivity contribution in [3.63, 3.8) is 0 Å². The number of nitrogens with zero attached hydrogens (tertiary/aromatic N) is 5. The molecule has 1 fully saturated rings. The predicted molar refractivity (Wildman–Crippen MR) is 129 cm³/mol.